The van der Waals surface area contributed by atoms with Gasteiger partial charge in [-0.25, -0.2) is 4.68 Å². The van der Waals surface area contributed by atoms with Crippen LogP contribution in [0.15, 0.2) is 6.20 Å². The molecule has 0 spiro atoms. The lowest BCUT2D eigenvalue weighted by atomic mass is 9.54. The van der Waals surface area contributed by atoms with Gasteiger partial charge in [-0.3, -0.25) is 9.69 Å². The molecular weight excluding hydrogens is 390 g/mol. The van der Waals surface area contributed by atoms with Crippen molar-refractivity contribution < 1.29 is 9.53 Å². The Labute approximate surface area is 185 Å². The SMILES string of the molecule is O=C(NC1C2CC3CC(C2)CC1C3)c1cnn(CCN2CCNCC2)c1OCC1CC1. The van der Waals surface area contributed by atoms with Gasteiger partial charge in [0.25, 0.3) is 5.91 Å². The Bertz CT molecular complexity index is 770. The molecule has 0 radical (unpaired) electrons. The summed E-state index contributed by atoms with van der Waals surface area (Å²) in [5.74, 6) is 4.55. The number of rotatable bonds is 8. The second-order valence-electron chi connectivity index (χ2n) is 10.9. The third-order valence-corrected chi connectivity index (χ3v) is 8.55. The Hall–Kier alpha value is -1.60. The number of hydrogen-bond acceptors (Lipinski definition) is 5. The summed E-state index contributed by atoms with van der Waals surface area (Å²) < 4.78 is 8.14. The quantitative estimate of drug-likeness (QED) is 0.665. The zero-order chi connectivity index (χ0) is 20.8. The normalized spacial score (nSPS) is 34.8. The molecule has 1 amide bonds. The van der Waals surface area contributed by atoms with Gasteiger partial charge in [0.1, 0.15) is 5.56 Å². The largest absolute Gasteiger partial charge is 0.477 e. The number of hydrogen-bond donors (Lipinski definition) is 2. The average molecular weight is 428 g/mol. The molecule has 2 heterocycles. The first-order valence-electron chi connectivity index (χ1n) is 12.7. The molecule has 4 bridgehead atoms. The van der Waals surface area contributed by atoms with Crippen LogP contribution in [0.4, 0.5) is 0 Å². The topological polar surface area (TPSA) is 71.4 Å². The van der Waals surface area contributed by atoms with Gasteiger partial charge in [-0.05, 0) is 74.5 Å². The van der Waals surface area contributed by atoms with Crippen LogP contribution in [-0.4, -0.2) is 66.0 Å². The van der Waals surface area contributed by atoms with Crippen molar-refractivity contribution >= 4 is 5.91 Å². The highest BCUT2D eigenvalue weighted by molar-refractivity contribution is 5.96. The van der Waals surface area contributed by atoms with Gasteiger partial charge in [0.05, 0.1) is 19.3 Å². The summed E-state index contributed by atoms with van der Waals surface area (Å²) in [6.07, 6.45) is 10.9. The van der Waals surface area contributed by atoms with Crippen LogP contribution >= 0.6 is 0 Å². The molecule has 7 rings (SSSR count). The summed E-state index contributed by atoms with van der Waals surface area (Å²) in [7, 11) is 0. The number of aromatic nitrogens is 2. The lowest BCUT2D eigenvalue weighted by Gasteiger charge is -2.54. The van der Waals surface area contributed by atoms with Crippen molar-refractivity contribution in [3.8, 4) is 5.88 Å². The number of nitrogens with zero attached hydrogens (tertiary/aromatic N) is 3. The van der Waals surface area contributed by atoms with Crippen molar-refractivity contribution in [3.63, 3.8) is 0 Å². The van der Waals surface area contributed by atoms with Crippen molar-refractivity contribution in [2.45, 2.75) is 57.5 Å². The van der Waals surface area contributed by atoms with Crippen LogP contribution in [0.25, 0.3) is 0 Å². The van der Waals surface area contributed by atoms with Crippen molar-refractivity contribution in [2.75, 3.05) is 39.3 Å². The maximum Gasteiger partial charge on any atom is 0.258 e. The van der Waals surface area contributed by atoms with Crippen LogP contribution < -0.4 is 15.4 Å². The second-order valence-corrected chi connectivity index (χ2v) is 10.9. The molecule has 0 aromatic carbocycles. The van der Waals surface area contributed by atoms with Crippen molar-refractivity contribution in [2.24, 2.45) is 29.6 Å². The molecule has 7 nitrogen and oxygen atoms in total. The molecular formula is C24H37N5O2. The molecule has 0 atom stereocenters. The molecule has 0 unspecified atom stereocenters. The summed E-state index contributed by atoms with van der Waals surface area (Å²) in [4.78, 5) is 15.8. The summed E-state index contributed by atoms with van der Waals surface area (Å²) >= 11 is 0. The molecule has 5 aliphatic carbocycles. The maximum absolute atomic E-state index is 13.4. The van der Waals surface area contributed by atoms with E-state index in [0.717, 1.165) is 51.1 Å². The molecule has 5 saturated carbocycles. The lowest BCUT2D eigenvalue weighted by molar-refractivity contribution is -0.0120. The summed E-state index contributed by atoms with van der Waals surface area (Å²) in [5.41, 5.74) is 0.634. The maximum atomic E-state index is 13.4. The Balaban J connectivity index is 1.15. The van der Waals surface area contributed by atoms with E-state index in [4.69, 9.17) is 4.74 Å². The smallest absolute Gasteiger partial charge is 0.258 e. The van der Waals surface area contributed by atoms with E-state index in [0.29, 0.717) is 41.8 Å². The van der Waals surface area contributed by atoms with Gasteiger partial charge in [-0.1, -0.05) is 0 Å². The van der Waals surface area contributed by atoms with Gasteiger partial charge in [0.2, 0.25) is 5.88 Å². The van der Waals surface area contributed by atoms with Gasteiger partial charge < -0.3 is 15.4 Å². The molecule has 170 valence electrons. The van der Waals surface area contributed by atoms with E-state index in [2.05, 4.69) is 20.6 Å². The third kappa shape index (κ3) is 4.23. The number of piperazine rings is 1. The Kier molecular flexibility index (Phi) is 5.43. The van der Waals surface area contributed by atoms with Crippen molar-refractivity contribution in [3.05, 3.63) is 11.8 Å². The monoisotopic (exact) mass is 427 g/mol. The fraction of sp³-hybridized carbons (Fsp3) is 0.833. The molecule has 1 aromatic rings. The second kappa shape index (κ2) is 8.39. The van der Waals surface area contributed by atoms with Crippen LogP contribution in [0, 0.1) is 29.6 Å². The molecule has 6 fully saturated rings. The number of carbonyl (C=O) groups excluding carboxylic acids is 1. The minimum Gasteiger partial charge on any atom is -0.477 e. The summed E-state index contributed by atoms with van der Waals surface area (Å²) in [6.45, 7) is 6.65. The number of nitrogens with one attached hydrogen (secondary N) is 2. The van der Waals surface area contributed by atoms with Gasteiger partial charge >= 0.3 is 0 Å². The van der Waals surface area contributed by atoms with Gasteiger partial charge in [-0.2, -0.15) is 5.10 Å². The summed E-state index contributed by atoms with van der Waals surface area (Å²) in [6, 6.07) is 0.348. The van der Waals surface area contributed by atoms with Gasteiger partial charge in [0.15, 0.2) is 0 Å². The van der Waals surface area contributed by atoms with E-state index < -0.39 is 0 Å². The Morgan fingerprint density at radius 3 is 2.45 bits per heavy atom. The van der Waals surface area contributed by atoms with E-state index >= 15 is 0 Å². The zero-order valence-corrected chi connectivity index (χ0v) is 18.6. The van der Waals surface area contributed by atoms with Crippen LogP contribution in [0.2, 0.25) is 0 Å². The molecule has 6 aliphatic rings. The highest BCUT2D eigenvalue weighted by Gasteiger charge is 2.48. The molecule has 1 aromatic heterocycles. The lowest BCUT2D eigenvalue weighted by Crippen LogP contribution is -2.55. The standard InChI is InChI=1S/C24H37N5O2/c30-23(27-22-19-10-17-9-18(12-19)13-20(22)11-17)21-14-26-29(24(21)31-15-16-1-2-16)8-7-28-5-3-25-4-6-28/h14,16-20,22,25H,1-13,15H2,(H,27,30). The highest BCUT2D eigenvalue weighted by Crippen LogP contribution is 2.53. The molecule has 7 heteroatoms. The molecule has 1 aliphatic heterocycles. The molecule has 31 heavy (non-hydrogen) atoms. The minimum atomic E-state index is 0.0247. The molecule has 1 saturated heterocycles. The van der Waals surface area contributed by atoms with Crippen LogP contribution in [0.5, 0.6) is 5.88 Å². The molecule has 2 N–H and O–H groups in total. The van der Waals surface area contributed by atoms with Crippen LogP contribution in [0.3, 0.4) is 0 Å². The van der Waals surface area contributed by atoms with Crippen molar-refractivity contribution in [1.29, 1.82) is 0 Å². The first-order valence-corrected chi connectivity index (χ1v) is 12.7. The van der Waals surface area contributed by atoms with Gasteiger partial charge in [0, 0.05) is 38.8 Å². The fourth-order valence-corrected chi connectivity index (χ4v) is 6.88. The van der Waals surface area contributed by atoms with E-state index in [9.17, 15) is 4.79 Å². The predicted molar refractivity (Wildman–Crippen MR) is 118 cm³/mol. The number of amides is 1. The Morgan fingerprint density at radius 1 is 1.06 bits per heavy atom. The van der Waals surface area contributed by atoms with Gasteiger partial charge in [-0.15, -0.1) is 0 Å². The minimum absolute atomic E-state index is 0.0247. The first kappa shape index (κ1) is 20.0. The third-order valence-electron chi connectivity index (χ3n) is 8.55. The highest BCUT2D eigenvalue weighted by atomic mass is 16.5. The Morgan fingerprint density at radius 2 is 1.77 bits per heavy atom. The first-order chi connectivity index (χ1) is 15.2. The number of ether oxygens (including phenoxy) is 1. The average Bonchev–Trinajstić information content (AvgIpc) is 3.52. The summed E-state index contributed by atoms with van der Waals surface area (Å²) in [5, 5.41) is 11.4. The van der Waals surface area contributed by atoms with Crippen LogP contribution in [0.1, 0.15) is 55.3 Å². The van der Waals surface area contributed by atoms with E-state index in [1.165, 1.54) is 44.9 Å². The predicted octanol–water partition coefficient (Wildman–Crippen LogP) is 2.13. The number of carbonyl (C=O) groups is 1. The zero-order valence-electron chi connectivity index (χ0n) is 18.6. The van der Waals surface area contributed by atoms with E-state index in [-0.39, 0.29) is 5.91 Å². The van der Waals surface area contributed by atoms with Crippen LogP contribution in [-0.2, 0) is 6.54 Å². The van der Waals surface area contributed by atoms with Crippen molar-refractivity contribution in [1.82, 2.24) is 25.3 Å². The van der Waals surface area contributed by atoms with E-state index in [1.807, 2.05) is 4.68 Å². The fourth-order valence-electron chi connectivity index (χ4n) is 6.88. The van der Waals surface area contributed by atoms with E-state index in [1.54, 1.807) is 6.20 Å².